The Kier molecular flexibility index (Phi) is 3.51. The molecule has 0 spiro atoms. The van der Waals surface area contributed by atoms with Crippen LogP contribution in [0.4, 0.5) is 0 Å². The van der Waals surface area contributed by atoms with Crippen molar-refractivity contribution in [1.82, 2.24) is 4.90 Å². The molecule has 0 aliphatic rings. The van der Waals surface area contributed by atoms with E-state index in [1.807, 2.05) is 26.0 Å². The molecule has 1 heterocycles. The number of furan rings is 1. The van der Waals surface area contributed by atoms with E-state index in [0.717, 1.165) is 11.5 Å². The number of amides is 1. The van der Waals surface area contributed by atoms with Crippen molar-refractivity contribution < 1.29 is 9.21 Å². The van der Waals surface area contributed by atoms with Crippen molar-refractivity contribution in [2.45, 2.75) is 20.4 Å². The number of carbonyl (C=O) groups is 1. The van der Waals surface area contributed by atoms with Crippen LogP contribution < -0.4 is 0 Å². The minimum atomic E-state index is -0.0125. The van der Waals surface area contributed by atoms with Gasteiger partial charge in [0, 0.05) is 7.05 Å². The maximum atomic E-state index is 11.4. The van der Waals surface area contributed by atoms with E-state index >= 15 is 0 Å². The Morgan fingerprint density at radius 2 is 2.29 bits per heavy atom. The Labute approximate surface area is 84.0 Å². The van der Waals surface area contributed by atoms with Crippen molar-refractivity contribution in [3.05, 3.63) is 35.8 Å². The molecule has 3 heteroatoms. The summed E-state index contributed by atoms with van der Waals surface area (Å²) in [6, 6.07) is 3.78. The predicted octanol–water partition coefficient (Wildman–Crippen LogP) is 2.12. The zero-order valence-electron chi connectivity index (χ0n) is 8.78. The van der Waals surface area contributed by atoms with Crippen LogP contribution in [0, 0.1) is 6.92 Å². The SMILES string of the molecule is CC=CC(=O)N(C)Cc1ccc(C)o1. The Balaban J connectivity index is 2.56. The van der Waals surface area contributed by atoms with E-state index in [0.29, 0.717) is 6.54 Å². The minimum absolute atomic E-state index is 0.0125. The van der Waals surface area contributed by atoms with Crippen LogP contribution in [-0.2, 0) is 11.3 Å². The van der Waals surface area contributed by atoms with Gasteiger partial charge in [-0.2, -0.15) is 0 Å². The van der Waals surface area contributed by atoms with Gasteiger partial charge in [0.2, 0.25) is 5.91 Å². The maximum Gasteiger partial charge on any atom is 0.246 e. The molecule has 0 aromatic carbocycles. The highest BCUT2D eigenvalue weighted by molar-refractivity contribution is 5.87. The van der Waals surface area contributed by atoms with Gasteiger partial charge in [-0.05, 0) is 32.1 Å². The van der Waals surface area contributed by atoms with Gasteiger partial charge in [-0.3, -0.25) is 4.79 Å². The number of hydrogen-bond donors (Lipinski definition) is 0. The zero-order valence-corrected chi connectivity index (χ0v) is 8.78. The summed E-state index contributed by atoms with van der Waals surface area (Å²) in [4.78, 5) is 13.0. The number of nitrogens with zero attached hydrogens (tertiary/aromatic N) is 1. The molecule has 0 atom stereocenters. The van der Waals surface area contributed by atoms with Crippen molar-refractivity contribution in [2.75, 3.05) is 7.05 Å². The first-order valence-electron chi connectivity index (χ1n) is 4.56. The van der Waals surface area contributed by atoms with Crippen molar-refractivity contribution in [2.24, 2.45) is 0 Å². The number of rotatable bonds is 3. The molecular weight excluding hydrogens is 178 g/mol. The second kappa shape index (κ2) is 4.65. The molecule has 0 unspecified atom stereocenters. The predicted molar refractivity (Wildman–Crippen MR) is 54.7 cm³/mol. The zero-order chi connectivity index (χ0) is 10.6. The van der Waals surface area contributed by atoms with Crippen LogP contribution in [0.2, 0.25) is 0 Å². The van der Waals surface area contributed by atoms with Gasteiger partial charge in [0.1, 0.15) is 11.5 Å². The highest BCUT2D eigenvalue weighted by Gasteiger charge is 2.07. The molecule has 1 rings (SSSR count). The van der Waals surface area contributed by atoms with E-state index in [9.17, 15) is 4.79 Å². The molecule has 0 bridgehead atoms. The van der Waals surface area contributed by atoms with Gasteiger partial charge in [-0.1, -0.05) is 6.08 Å². The monoisotopic (exact) mass is 193 g/mol. The lowest BCUT2D eigenvalue weighted by molar-refractivity contribution is -0.125. The number of likely N-dealkylation sites (N-methyl/N-ethyl adjacent to an activating group) is 1. The quantitative estimate of drug-likeness (QED) is 0.689. The fraction of sp³-hybridized carbons (Fsp3) is 0.364. The molecule has 76 valence electrons. The Morgan fingerprint density at radius 1 is 1.57 bits per heavy atom. The smallest absolute Gasteiger partial charge is 0.246 e. The summed E-state index contributed by atoms with van der Waals surface area (Å²) < 4.78 is 5.36. The van der Waals surface area contributed by atoms with Crippen LogP contribution in [0.15, 0.2) is 28.7 Å². The van der Waals surface area contributed by atoms with Crippen LogP contribution in [0.5, 0.6) is 0 Å². The van der Waals surface area contributed by atoms with Gasteiger partial charge in [0.25, 0.3) is 0 Å². The highest BCUT2D eigenvalue weighted by atomic mass is 16.3. The molecule has 0 aliphatic carbocycles. The molecular formula is C11H15NO2. The Morgan fingerprint density at radius 3 is 2.79 bits per heavy atom. The molecule has 0 N–H and O–H groups in total. The van der Waals surface area contributed by atoms with E-state index < -0.39 is 0 Å². The summed E-state index contributed by atoms with van der Waals surface area (Å²) in [6.45, 7) is 4.22. The fourth-order valence-electron chi connectivity index (χ4n) is 1.15. The average molecular weight is 193 g/mol. The molecule has 0 radical (unpaired) electrons. The normalized spacial score (nSPS) is 10.8. The lowest BCUT2D eigenvalue weighted by Gasteiger charge is -2.12. The molecule has 1 aromatic rings. The van der Waals surface area contributed by atoms with Gasteiger partial charge in [0.15, 0.2) is 0 Å². The lowest BCUT2D eigenvalue weighted by atomic mass is 10.4. The number of allylic oxidation sites excluding steroid dienone is 1. The third kappa shape index (κ3) is 2.76. The Hall–Kier alpha value is -1.51. The summed E-state index contributed by atoms with van der Waals surface area (Å²) in [5.74, 6) is 1.66. The number of hydrogen-bond acceptors (Lipinski definition) is 2. The molecule has 0 fully saturated rings. The highest BCUT2D eigenvalue weighted by Crippen LogP contribution is 2.08. The van der Waals surface area contributed by atoms with E-state index in [1.54, 1.807) is 18.0 Å². The van der Waals surface area contributed by atoms with Crippen LogP contribution in [0.3, 0.4) is 0 Å². The van der Waals surface area contributed by atoms with E-state index in [1.165, 1.54) is 6.08 Å². The first kappa shape index (κ1) is 10.6. The molecule has 1 amide bonds. The molecule has 0 aliphatic heterocycles. The van der Waals surface area contributed by atoms with Gasteiger partial charge < -0.3 is 9.32 Å². The minimum Gasteiger partial charge on any atom is -0.464 e. The first-order valence-corrected chi connectivity index (χ1v) is 4.56. The Bertz CT molecular complexity index is 339. The van der Waals surface area contributed by atoms with Gasteiger partial charge in [0.05, 0.1) is 6.54 Å². The van der Waals surface area contributed by atoms with Gasteiger partial charge in [-0.25, -0.2) is 0 Å². The summed E-state index contributed by atoms with van der Waals surface area (Å²) in [5.41, 5.74) is 0. The molecule has 14 heavy (non-hydrogen) atoms. The summed E-state index contributed by atoms with van der Waals surface area (Å²) in [6.07, 6.45) is 3.27. The third-order valence-corrected chi connectivity index (χ3v) is 1.87. The summed E-state index contributed by atoms with van der Waals surface area (Å²) in [7, 11) is 1.75. The van der Waals surface area contributed by atoms with Crippen LogP contribution in [-0.4, -0.2) is 17.9 Å². The fourth-order valence-corrected chi connectivity index (χ4v) is 1.15. The van der Waals surface area contributed by atoms with E-state index in [-0.39, 0.29) is 5.91 Å². The van der Waals surface area contributed by atoms with E-state index in [4.69, 9.17) is 4.42 Å². The summed E-state index contributed by atoms with van der Waals surface area (Å²) >= 11 is 0. The largest absolute Gasteiger partial charge is 0.464 e. The molecule has 3 nitrogen and oxygen atoms in total. The number of carbonyl (C=O) groups excluding carboxylic acids is 1. The van der Waals surface area contributed by atoms with E-state index in [2.05, 4.69) is 0 Å². The average Bonchev–Trinajstić information content (AvgIpc) is 2.51. The second-order valence-electron chi connectivity index (χ2n) is 3.21. The van der Waals surface area contributed by atoms with Crippen molar-refractivity contribution in [3.8, 4) is 0 Å². The molecule has 1 aromatic heterocycles. The maximum absolute atomic E-state index is 11.4. The third-order valence-electron chi connectivity index (χ3n) is 1.87. The molecule has 0 saturated carbocycles. The van der Waals surface area contributed by atoms with Crippen molar-refractivity contribution >= 4 is 5.91 Å². The van der Waals surface area contributed by atoms with Crippen molar-refractivity contribution in [3.63, 3.8) is 0 Å². The van der Waals surface area contributed by atoms with Crippen LogP contribution in [0.1, 0.15) is 18.4 Å². The second-order valence-corrected chi connectivity index (χ2v) is 3.21. The van der Waals surface area contributed by atoms with Crippen LogP contribution in [0.25, 0.3) is 0 Å². The topological polar surface area (TPSA) is 33.5 Å². The van der Waals surface area contributed by atoms with Gasteiger partial charge >= 0.3 is 0 Å². The number of aryl methyl sites for hydroxylation is 1. The van der Waals surface area contributed by atoms with Gasteiger partial charge in [-0.15, -0.1) is 0 Å². The first-order chi connectivity index (χ1) is 6.63. The standard InChI is InChI=1S/C11H15NO2/c1-4-5-11(13)12(3)8-10-7-6-9(2)14-10/h4-7H,8H2,1-3H3. The van der Waals surface area contributed by atoms with Crippen LogP contribution >= 0.6 is 0 Å². The molecule has 0 saturated heterocycles. The lowest BCUT2D eigenvalue weighted by Crippen LogP contribution is -2.23. The van der Waals surface area contributed by atoms with Crippen molar-refractivity contribution in [1.29, 1.82) is 0 Å². The summed E-state index contributed by atoms with van der Waals surface area (Å²) in [5, 5.41) is 0.